The van der Waals surface area contributed by atoms with Crippen molar-refractivity contribution in [1.82, 2.24) is 20.0 Å². The lowest BCUT2D eigenvalue weighted by molar-refractivity contribution is 0.101. The molecule has 2 aromatic rings. The van der Waals surface area contributed by atoms with E-state index in [0.717, 1.165) is 5.01 Å². The van der Waals surface area contributed by atoms with E-state index in [4.69, 9.17) is 0 Å². The minimum Gasteiger partial charge on any atom is -0.293 e. The van der Waals surface area contributed by atoms with Gasteiger partial charge in [0.2, 0.25) is 0 Å². The van der Waals surface area contributed by atoms with Crippen LogP contribution in [0, 0.1) is 0 Å². The number of carbonyl (C=O) groups is 1. The Morgan fingerprint density at radius 3 is 3.07 bits per heavy atom. The van der Waals surface area contributed by atoms with Crippen molar-refractivity contribution in [2.24, 2.45) is 0 Å². The molecule has 0 amide bonds. The Balaban J connectivity index is 2.14. The highest BCUT2D eigenvalue weighted by Gasteiger charge is 2.05. The van der Waals surface area contributed by atoms with Crippen LogP contribution in [0.2, 0.25) is 0 Å². The number of rotatable bonds is 3. The van der Waals surface area contributed by atoms with Crippen LogP contribution < -0.4 is 0 Å². The van der Waals surface area contributed by atoms with Crippen LogP contribution >= 0.6 is 11.3 Å². The number of hydrogen-bond donors (Lipinski definition) is 0. The first-order valence-electron chi connectivity index (χ1n) is 4.05. The summed E-state index contributed by atoms with van der Waals surface area (Å²) in [5.41, 5.74) is 0.390. The van der Waals surface area contributed by atoms with Gasteiger partial charge in [0.25, 0.3) is 0 Å². The molecule has 0 aromatic carbocycles. The van der Waals surface area contributed by atoms with E-state index in [1.807, 2.05) is 5.38 Å². The maximum atomic E-state index is 10.9. The lowest BCUT2D eigenvalue weighted by atomic mass is 10.3. The van der Waals surface area contributed by atoms with Gasteiger partial charge in [0, 0.05) is 18.5 Å². The van der Waals surface area contributed by atoms with E-state index in [-0.39, 0.29) is 5.78 Å². The van der Waals surface area contributed by atoms with E-state index in [1.54, 1.807) is 28.4 Å². The molecule has 0 aliphatic carbocycles. The summed E-state index contributed by atoms with van der Waals surface area (Å²) in [4.78, 5) is 15.0. The molecule has 14 heavy (non-hydrogen) atoms. The zero-order valence-corrected chi connectivity index (χ0v) is 8.36. The smallest absolute Gasteiger partial charge is 0.181 e. The first-order chi connectivity index (χ1) is 6.75. The van der Waals surface area contributed by atoms with Gasteiger partial charge in [-0.2, -0.15) is 0 Å². The number of Topliss-reactive ketones (excluding diaryl/α,β-unsaturated/α-hetero) is 1. The molecule has 0 aliphatic heterocycles. The van der Waals surface area contributed by atoms with Crippen molar-refractivity contribution in [2.75, 3.05) is 0 Å². The van der Waals surface area contributed by atoms with E-state index < -0.39 is 0 Å². The lowest BCUT2D eigenvalue weighted by Gasteiger charge is -1.93. The van der Waals surface area contributed by atoms with Crippen molar-refractivity contribution in [1.29, 1.82) is 0 Å². The minimum atomic E-state index is -0.0737. The minimum absolute atomic E-state index is 0.0737. The van der Waals surface area contributed by atoms with Crippen LogP contribution in [0.3, 0.4) is 0 Å². The molecule has 0 saturated heterocycles. The van der Waals surface area contributed by atoms with Crippen LogP contribution in [0.5, 0.6) is 0 Å². The zero-order chi connectivity index (χ0) is 9.97. The SMILES string of the molecule is CC(=O)c1cn(Cc2nccs2)nn1. The molecule has 5 nitrogen and oxygen atoms in total. The van der Waals surface area contributed by atoms with Gasteiger partial charge in [0.1, 0.15) is 10.7 Å². The fraction of sp³-hybridized carbons (Fsp3) is 0.250. The van der Waals surface area contributed by atoms with Crippen LogP contribution in [-0.2, 0) is 6.54 Å². The Hall–Kier alpha value is -1.56. The third-order valence-electron chi connectivity index (χ3n) is 1.68. The fourth-order valence-corrected chi connectivity index (χ4v) is 1.61. The summed E-state index contributed by atoms with van der Waals surface area (Å²) in [5, 5.41) is 10.4. The molecule has 0 radical (unpaired) electrons. The van der Waals surface area contributed by atoms with Gasteiger partial charge >= 0.3 is 0 Å². The quantitative estimate of drug-likeness (QED) is 0.705. The van der Waals surface area contributed by atoms with Crippen molar-refractivity contribution in [3.8, 4) is 0 Å². The topological polar surface area (TPSA) is 60.7 Å². The second-order valence-electron chi connectivity index (χ2n) is 2.78. The highest BCUT2D eigenvalue weighted by Crippen LogP contribution is 2.05. The van der Waals surface area contributed by atoms with Crippen molar-refractivity contribution in [3.63, 3.8) is 0 Å². The summed E-state index contributed by atoms with van der Waals surface area (Å²) in [6, 6.07) is 0. The van der Waals surface area contributed by atoms with Gasteiger partial charge in [0.05, 0.1) is 12.7 Å². The van der Waals surface area contributed by atoms with Crippen LogP contribution in [0.1, 0.15) is 22.4 Å². The molecule has 2 heterocycles. The molecule has 0 fully saturated rings. The molecule has 0 saturated carbocycles. The van der Waals surface area contributed by atoms with Gasteiger partial charge in [-0.05, 0) is 0 Å². The summed E-state index contributed by atoms with van der Waals surface area (Å²) in [6.45, 7) is 2.04. The van der Waals surface area contributed by atoms with E-state index in [2.05, 4.69) is 15.3 Å². The molecular weight excluding hydrogens is 200 g/mol. The summed E-state index contributed by atoms with van der Waals surface area (Å²) in [5.74, 6) is -0.0737. The average molecular weight is 208 g/mol. The first-order valence-corrected chi connectivity index (χ1v) is 4.93. The van der Waals surface area contributed by atoms with Crippen LogP contribution in [0.25, 0.3) is 0 Å². The standard InChI is InChI=1S/C8H8N4OS/c1-6(13)7-4-12(11-10-7)5-8-9-2-3-14-8/h2-4H,5H2,1H3. The van der Waals surface area contributed by atoms with Gasteiger partial charge in [0.15, 0.2) is 5.78 Å². The summed E-state index contributed by atoms with van der Waals surface area (Å²) >= 11 is 1.55. The summed E-state index contributed by atoms with van der Waals surface area (Å²) < 4.78 is 1.61. The van der Waals surface area contributed by atoms with E-state index in [9.17, 15) is 4.79 Å². The summed E-state index contributed by atoms with van der Waals surface area (Å²) in [6.07, 6.45) is 3.37. The number of hydrogen-bond acceptors (Lipinski definition) is 5. The van der Waals surface area contributed by atoms with Crippen LogP contribution in [0.4, 0.5) is 0 Å². The number of nitrogens with zero attached hydrogens (tertiary/aromatic N) is 4. The van der Waals surface area contributed by atoms with E-state index in [0.29, 0.717) is 12.2 Å². The Bertz CT molecular complexity index is 434. The number of ketones is 1. The molecule has 2 rings (SSSR count). The van der Waals surface area contributed by atoms with E-state index in [1.165, 1.54) is 6.92 Å². The normalized spacial score (nSPS) is 10.4. The highest BCUT2D eigenvalue weighted by atomic mass is 32.1. The number of aromatic nitrogens is 4. The lowest BCUT2D eigenvalue weighted by Crippen LogP contribution is -1.99. The van der Waals surface area contributed by atoms with Crippen molar-refractivity contribution >= 4 is 17.1 Å². The molecule has 6 heteroatoms. The van der Waals surface area contributed by atoms with Gasteiger partial charge in [-0.3, -0.25) is 4.79 Å². The fourth-order valence-electron chi connectivity index (χ4n) is 1.01. The Morgan fingerprint density at radius 1 is 1.64 bits per heavy atom. The molecule has 0 aliphatic rings. The molecule has 72 valence electrons. The molecular formula is C8H8N4OS. The third-order valence-corrected chi connectivity index (χ3v) is 2.44. The van der Waals surface area contributed by atoms with Crippen molar-refractivity contribution < 1.29 is 4.79 Å². The van der Waals surface area contributed by atoms with Gasteiger partial charge in [-0.15, -0.1) is 16.4 Å². The Morgan fingerprint density at radius 2 is 2.50 bits per heavy atom. The first kappa shape index (κ1) is 9.01. The monoisotopic (exact) mass is 208 g/mol. The maximum Gasteiger partial charge on any atom is 0.181 e. The third kappa shape index (κ3) is 1.85. The van der Waals surface area contributed by atoms with Crippen LogP contribution in [0.15, 0.2) is 17.8 Å². The predicted molar refractivity (Wildman–Crippen MR) is 51.2 cm³/mol. The molecule has 2 aromatic heterocycles. The van der Waals surface area contributed by atoms with E-state index >= 15 is 0 Å². The molecule has 0 bridgehead atoms. The number of thiazole rings is 1. The largest absolute Gasteiger partial charge is 0.293 e. The molecule has 0 atom stereocenters. The number of carbonyl (C=O) groups excluding carboxylic acids is 1. The average Bonchev–Trinajstić information content (AvgIpc) is 2.75. The Labute approximate surface area is 84.4 Å². The maximum absolute atomic E-state index is 10.9. The van der Waals surface area contributed by atoms with Gasteiger partial charge in [-0.25, -0.2) is 9.67 Å². The van der Waals surface area contributed by atoms with Crippen molar-refractivity contribution in [2.45, 2.75) is 13.5 Å². The second kappa shape index (κ2) is 3.67. The highest BCUT2D eigenvalue weighted by molar-refractivity contribution is 7.09. The second-order valence-corrected chi connectivity index (χ2v) is 3.76. The zero-order valence-electron chi connectivity index (χ0n) is 7.54. The summed E-state index contributed by atoms with van der Waals surface area (Å²) in [7, 11) is 0. The molecule has 0 spiro atoms. The van der Waals surface area contributed by atoms with Crippen LogP contribution in [-0.4, -0.2) is 25.8 Å². The Kier molecular flexibility index (Phi) is 2.36. The molecule has 0 N–H and O–H groups in total. The predicted octanol–water partition coefficient (Wildman–Crippen LogP) is 0.985. The van der Waals surface area contributed by atoms with Gasteiger partial charge in [-0.1, -0.05) is 5.21 Å². The molecule has 0 unspecified atom stereocenters. The van der Waals surface area contributed by atoms with Crippen molar-refractivity contribution in [3.05, 3.63) is 28.5 Å². The van der Waals surface area contributed by atoms with Gasteiger partial charge < -0.3 is 0 Å².